The van der Waals surface area contributed by atoms with Gasteiger partial charge in [0.25, 0.3) is 0 Å². The number of hydrogen-bond acceptors (Lipinski definition) is 9. The number of aromatic nitrogens is 4. The highest BCUT2D eigenvalue weighted by Crippen LogP contribution is 2.33. The highest BCUT2D eigenvalue weighted by atomic mass is 16.6. The maximum atomic E-state index is 10.6. The lowest BCUT2D eigenvalue weighted by Gasteiger charge is -2.20. The predicted octanol–water partition coefficient (Wildman–Crippen LogP) is 1.79. The third kappa shape index (κ3) is 4.69. The number of aliphatic hydroxyl groups excluding tert-OH is 2. The molecule has 36 heavy (non-hydrogen) atoms. The third-order valence-electron chi connectivity index (χ3n) is 6.47. The van der Waals surface area contributed by atoms with Crippen molar-refractivity contribution in [3.05, 3.63) is 83.9 Å². The molecule has 5 rings (SSSR count). The Bertz CT molecular complexity index is 1250. The van der Waals surface area contributed by atoms with Crippen LogP contribution >= 0.6 is 0 Å². The first-order chi connectivity index (χ1) is 17.6. The summed E-state index contributed by atoms with van der Waals surface area (Å²) >= 11 is 0. The molecule has 10 nitrogen and oxygen atoms in total. The van der Waals surface area contributed by atoms with Crippen LogP contribution < -0.4 is 11.1 Å². The SMILES string of the molecule is COC[C@H]1OC(n2cnc3c(NCC(c4ccccc4)c4ccccc4)nc(CN)nc32)[C@H](O)[C@@H]1O. The molecule has 2 aromatic heterocycles. The Morgan fingerprint density at radius 3 is 2.31 bits per heavy atom. The summed E-state index contributed by atoms with van der Waals surface area (Å²) < 4.78 is 12.6. The monoisotopic (exact) mass is 490 g/mol. The van der Waals surface area contributed by atoms with E-state index in [0.717, 1.165) is 0 Å². The second-order valence-electron chi connectivity index (χ2n) is 8.77. The number of anilines is 1. The first-order valence-electron chi connectivity index (χ1n) is 11.9. The third-order valence-corrected chi connectivity index (χ3v) is 6.47. The molecule has 1 unspecified atom stereocenters. The molecular weight excluding hydrogens is 460 g/mol. The molecule has 0 radical (unpaired) electrons. The number of nitrogens with one attached hydrogen (secondary N) is 1. The smallest absolute Gasteiger partial charge is 0.168 e. The number of methoxy groups -OCH3 is 1. The van der Waals surface area contributed by atoms with E-state index in [1.54, 1.807) is 4.57 Å². The Kier molecular flexibility index (Phi) is 7.21. The first kappa shape index (κ1) is 24.3. The zero-order valence-corrected chi connectivity index (χ0v) is 19.9. The number of hydrogen-bond donors (Lipinski definition) is 4. The second-order valence-corrected chi connectivity index (χ2v) is 8.77. The van der Waals surface area contributed by atoms with Crippen molar-refractivity contribution in [2.24, 2.45) is 5.73 Å². The number of benzene rings is 2. The minimum Gasteiger partial charge on any atom is -0.387 e. The molecule has 5 N–H and O–H groups in total. The van der Waals surface area contributed by atoms with Crippen molar-refractivity contribution in [1.29, 1.82) is 0 Å². The summed E-state index contributed by atoms with van der Waals surface area (Å²) in [5.74, 6) is 1.03. The van der Waals surface area contributed by atoms with Gasteiger partial charge in [-0.1, -0.05) is 60.7 Å². The average Bonchev–Trinajstić information content (AvgIpc) is 3.46. The number of imidazole rings is 1. The zero-order valence-electron chi connectivity index (χ0n) is 19.9. The zero-order chi connectivity index (χ0) is 25.1. The minimum absolute atomic E-state index is 0.0748. The fourth-order valence-electron chi connectivity index (χ4n) is 4.62. The van der Waals surface area contributed by atoms with Gasteiger partial charge in [0, 0.05) is 19.6 Å². The van der Waals surface area contributed by atoms with E-state index in [0.29, 0.717) is 29.4 Å². The molecule has 0 aliphatic carbocycles. The van der Waals surface area contributed by atoms with Crippen molar-refractivity contribution in [3.63, 3.8) is 0 Å². The maximum absolute atomic E-state index is 10.6. The van der Waals surface area contributed by atoms with E-state index in [1.165, 1.54) is 24.6 Å². The number of ether oxygens (including phenoxy) is 2. The molecule has 0 amide bonds. The molecule has 1 fully saturated rings. The summed E-state index contributed by atoms with van der Waals surface area (Å²) in [6, 6.07) is 20.5. The number of rotatable bonds is 9. The van der Waals surface area contributed by atoms with Crippen LogP contribution in [0.2, 0.25) is 0 Å². The lowest BCUT2D eigenvalue weighted by atomic mass is 9.91. The first-order valence-corrected chi connectivity index (χ1v) is 11.9. The summed E-state index contributed by atoms with van der Waals surface area (Å²) in [5.41, 5.74) is 9.23. The molecule has 188 valence electrons. The summed E-state index contributed by atoms with van der Waals surface area (Å²) in [7, 11) is 1.51. The van der Waals surface area contributed by atoms with Crippen LogP contribution in [-0.4, -0.2) is 68.3 Å². The van der Waals surface area contributed by atoms with Gasteiger partial charge in [-0.3, -0.25) is 4.57 Å². The fourth-order valence-corrected chi connectivity index (χ4v) is 4.62. The van der Waals surface area contributed by atoms with Crippen LogP contribution in [0.5, 0.6) is 0 Å². The van der Waals surface area contributed by atoms with E-state index in [-0.39, 0.29) is 19.1 Å². The largest absolute Gasteiger partial charge is 0.387 e. The Morgan fingerprint density at radius 2 is 1.69 bits per heavy atom. The number of nitrogens with zero attached hydrogens (tertiary/aromatic N) is 4. The van der Waals surface area contributed by atoms with Crippen molar-refractivity contribution in [3.8, 4) is 0 Å². The molecular formula is C26H30N6O4. The van der Waals surface area contributed by atoms with Gasteiger partial charge in [0.2, 0.25) is 0 Å². The lowest BCUT2D eigenvalue weighted by molar-refractivity contribution is -0.0580. The van der Waals surface area contributed by atoms with Gasteiger partial charge >= 0.3 is 0 Å². The van der Waals surface area contributed by atoms with Gasteiger partial charge in [0.05, 0.1) is 19.5 Å². The van der Waals surface area contributed by atoms with Gasteiger partial charge in [0.15, 0.2) is 23.2 Å². The van der Waals surface area contributed by atoms with Crippen LogP contribution in [-0.2, 0) is 16.0 Å². The van der Waals surface area contributed by atoms with Crippen LogP contribution in [0.3, 0.4) is 0 Å². The number of fused-ring (bicyclic) bond motifs is 1. The van der Waals surface area contributed by atoms with Crippen LogP contribution in [0.4, 0.5) is 5.82 Å². The van der Waals surface area contributed by atoms with Crippen LogP contribution in [0.25, 0.3) is 11.2 Å². The van der Waals surface area contributed by atoms with E-state index in [2.05, 4.69) is 44.5 Å². The molecule has 3 heterocycles. The summed E-state index contributed by atoms with van der Waals surface area (Å²) in [6.07, 6.45) is -2.28. The highest BCUT2D eigenvalue weighted by molar-refractivity contribution is 5.83. The molecule has 4 atom stereocenters. The molecule has 1 saturated heterocycles. The van der Waals surface area contributed by atoms with Crippen LogP contribution in [0.1, 0.15) is 29.1 Å². The minimum atomic E-state index is -1.17. The standard InChI is InChI=1S/C26H30N6O4/c1-35-14-19-22(33)23(34)26(36-19)32-15-29-21-24(30-20(12-27)31-25(21)32)28-13-18(16-8-4-2-5-9-16)17-10-6-3-7-11-17/h2-11,15,18-19,22-23,26,33-34H,12-14,27H2,1H3,(H,28,30,31)/t19-,22-,23-,26?/m1/s1. The quantitative estimate of drug-likeness (QED) is 0.276. The van der Waals surface area contributed by atoms with E-state index >= 15 is 0 Å². The van der Waals surface area contributed by atoms with Crippen molar-refractivity contribution in [1.82, 2.24) is 19.5 Å². The van der Waals surface area contributed by atoms with Crippen molar-refractivity contribution >= 4 is 17.0 Å². The summed E-state index contributed by atoms with van der Waals surface area (Å²) in [4.78, 5) is 13.7. The van der Waals surface area contributed by atoms with Crippen molar-refractivity contribution < 1.29 is 19.7 Å². The Balaban J connectivity index is 1.47. The van der Waals surface area contributed by atoms with Gasteiger partial charge in [-0.25, -0.2) is 15.0 Å². The normalized spacial score (nSPS) is 21.9. The number of aliphatic hydroxyl groups is 2. The Labute approximate surface area is 208 Å². The molecule has 1 aliphatic rings. The highest BCUT2D eigenvalue weighted by Gasteiger charge is 2.44. The van der Waals surface area contributed by atoms with Crippen LogP contribution in [0, 0.1) is 0 Å². The fraction of sp³-hybridized carbons (Fsp3) is 0.346. The predicted molar refractivity (Wildman–Crippen MR) is 134 cm³/mol. The Morgan fingerprint density at radius 1 is 1.03 bits per heavy atom. The summed E-state index contributed by atoms with van der Waals surface area (Å²) in [5, 5.41) is 24.5. The van der Waals surface area contributed by atoms with Crippen molar-refractivity contribution in [2.75, 3.05) is 25.6 Å². The van der Waals surface area contributed by atoms with E-state index in [9.17, 15) is 10.2 Å². The van der Waals surface area contributed by atoms with Crippen molar-refractivity contribution in [2.45, 2.75) is 37.0 Å². The van der Waals surface area contributed by atoms with Gasteiger partial charge in [-0.15, -0.1) is 0 Å². The topological polar surface area (TPSA) is 141 Å². The summed E-state index contributed by atoms with van der Waals surface area (Å²) in [6.45, 7) is 0.839. The molecule has 0 spiro atoms. The average molecular weight is 491 g/mol. The lowest BCUT2D eigenvalue weighted by Crippen LogP contribution is -2.33. The van der Waals surface area contributed by atoms with Gasteiger partial charge < -0.3 is 30.7 Å². The van der Waals surface area contributed by atoms with Gasteiger partial charge in [-0.05, 0) is 11.1 Å². The molecule has 0 bridgehead atoms. The molecule has 0 saturated carbocycles. The van der Waals surface area contributed by atoms with Gasteiger partial charge in [-0.2, -0.15) is 0 Å². The molecule has 4 aromatic rings. The number of nitrogens with two attached hydrogens (primary N) is 1. The molecule has 1 aliphatic heterocycles. The van der Waals surface area contributed by atoms with Gasteiger partial charge in [0.1, 0.15) is 24.1 Å². The van der Waals surface area contributed by atoms with E-state index in [1.807, 2.05) is 36.4 Å². The second kappa shape index (κ2) is 10.7. The maximum Gasteiger partial charge on any atom is 0.168 e. The van der Waals surface area contributed by atoms with E-state index < -0.39 is 24.5 Å². The Hall–Kier alpha value is -3.41. The van der Waals surface area contributed by atoms with E-state index in [4.69, 9.17) is 15.2 Å². The molecule has 2 aromatic carbocycles. The van der Waals surface area contributed by atoms with Crippen LogP contribution in [0.15, 0.2) is 67.0 Å². The molecule has 10 heteroatoms.